The van der Waals surface area contributed by atoms with Gasteiger partial charge in [0.05, 0.1) is 5.56 Å². The number of nitrogens with one attached hydrogen (secondary N) is 1. The fourth-order valence-corrected chi connectivity index (χ4v) is 2.57. The average Bonchev–Trinajstić information content (AvgIpc) is 2.90. The van der Waals surface area contributed by atoms with Crippen LogP contribution in [0.15, 0.2) is 18.2 Å². The van der Waals surface area contributed by atoms with E-state index in [1.54, 1.807) is 0 Å². The molecule has 3 N–H and O–H groups in total. The molecule has 3 rings (SSSR count). The van der Waals surface area contributed by atoms with Crippen LogP contribution in [-0.2, 0) is 12.8 Å². The molecule has 5 nitrogen and oxygen atoms in total. The summed E-state index contributed by atoms with van der Waals surface area (Å²) in [5, 5.41) is 0. The first-order chi connectivity index (χ1) is 9.67. The van der Waals surface area contributed by atoms with E-state index in [1.165, 1.54) is 24.0 Å². The number of hydrogen-bond acceptors (Lipinski definition) is 5. The van der Waals surface area contributed by atoms with Gasteiger partial charge in [-0.2, -0.15) is 4.98 Å². The zero-order chi connectivity index (χ0) is 14.1. The molecule has 1 heterocycles. The van der Waals surface area contributed by atoms with Gasteiger partial charge in [-0.05, 0) is 56.4 Å². The highest BCUT2D eigenvalue weighted by Gasteiger charge is 2.14. The van der Waals surface area contributed by atoms with Crippen LogP contribution in [0.5, 0.6) is 11.6 Å². The summed E-state index contributed by atoms with van der Waals surface area (Å²) in [4.78, 5) is 8.57. The number of rotatable bonds is 3. The molecule has 0 atom stereocenters. The Morgan fingerprint density at radius 2 is 1.95 bits per heavy atom. The summed E-state index contributed by atoms with van der Waals surface area (Å²) in [7, 11) is 0. The first-order valence-corrected chi connectivity index (χ1v) is 6.79. The Balaban J connectivity index is 1.93. The first kappa shape index (κ1) is 12.9. The summed E-state index contributed by atoms with van der Waals surface area (Å²) in [6.45, 7) is 3.70. The van der Waals surface area contributed by atoms with Gasteiger partial charge in [-0.15, -0.1) is 0 Å². The lowest BCUT2D eigenvalue weighted by Gasteiger charge is -2.12. The fourth-order valence-electron chi connectivity index (χ4n) is 2.57. The Morgan fingerprint density at radius 3 is 2.75 bits per heavy atom. The van der Waals surface area contributed by atoms with E-state index >= 15 is 0 Å². The third-order valence-electron chi connectivity index (χ3n) is 3.63. The zero-order valence-corrected chi connectivity index (χ0v) is 11.7. The Labute approximate surface area is 118 Å². The molecular weight excluding hydrogens is 252 g/mol. The molecule has 1 aromatic heterocycles. The van der Waals surface area contributed by atoms with E-state index in [9.17, 15) is 0 Å². The lowest BCUT2D eigenvalue weighted by molar-refractivity contribution is 0.455. The number of fused-ring (bicyclic) bond motifs is 1. The minimum atomic E-state index is 0.545. The van der Waals surface area contributed by atoms with Crippen molar-refractivity contribution in [1.82, 2.24) is 9.97 Å². The van der Waals surface area contributed by atoms with E-state index in [-0.39, 0.29) is 0 Å². The topological polar surface area (TPSA) is 73.1 Å². The maximum Gasteiger partial charge on any atom is 0.227 e. The molecule has 0 spiro atoms. The molecule has 2 aromatic rings. The van der Waals surface area contributed by atoms with Crippen molar-refractivity contribution in [2.45, 2.75) is 33.1 Å². The molecule has 0 saturated carbocycles. The van der Waals surface area contributed by atoms with Crippen LogP contribution in [0.25, 0.3) is 0 Å². The van der Waals surface area contributed by atoms with Crippen molar-refractivity contribution in [3.8, 4) is 11.6 Å². The maximum atomic E-state index is 5.91. The van der Waals surface area contributed by atoms with Gasteiger partial charge in [-0.25, -0.2) is 10.8 Å². The minimum absolute atomic E-state index is 0.545. The maximum absolute atomic E-state index is 5.91. The molecule has 0 bridgehead atoms. The molecule has 0 amide bonds. The quantitative estimate of drug-likeness (QED) is 0.662. The van der Waals surface area contributed by atoms with E-state index in [0.717, 1.165) is 17.7 Å². The Bertz CT molecular complexity index is 655. The van der Waals surface area contributed by atoms with E-state index < -0.39 is 0 Å². The molecule has 1 aliphatic rings. The largest absolute Gasteiger partial charge is 0.439 e. The molecule has 0 fully saturated rings. The van der Waals surface area contributed by atoms with E-state index in [2.05, 4.69) is 27.5 Å². The number of aryl methyl sites for hydroxylation is 3. The number of anilines is 1. The molecule has 20 heavy (non-hydrogen) atoms. The number of hydrazine groups is 1. The molecule has 1 aliphatic carbocycles. The van der Waals surface area contributed by atoms with E-state index in [4.69, 9.17) is 10.6 Å². The first-order valence-electron chi connectivity index (χ1n) is 6.79. The normalized spacial score (nSPS) is 13.2. The highest BCUT2D eigenvalue weighted by molar-refractivity contribution is 5.49. The number of nitrogens with zero attached hydrogens (tertiary/aromatic N) is 2. The van der Waals surface area contributed by atoms with Gasteiger partial charge in [0, 0.05) is 0 Å². The van der Waals surface area contributed by atoms with Gasteiger partial charge < -0.3 is 10.2 Å². The van der Waals surface area contributed by atoms with Crippen molar-refractivity contribution in [3.05, 3.63) is 40.7 Å². The van der Waals surface area contributed by atoms with Crippen molar-refractivity contribution in [2.24, 2.45) is 5.84 Å². The highest BCUT2D eigenvalue weighted by Crippen LogP contribution is 2.30. The van der Waals surface area contributed by atoms with Crippen molar-refractivity contribution in [2.75, 3.05) is 5.43 Å². The smallest absolute Gasteiger partial charge is 0.227 e. The van der Waals surface area contributed by atoms with Gasteiger partial charge in [0.25, 0.3) is 0 Å². The average molecular weight is 270 g/mol. The molecule has 1 aromatic carbocycles. The van der Waals surface area contributed by atoms with E-state index in [0.29, 0.717) is 17.5 Å². The van der Waals surface area contributed by atoms with Crippen molar-refractivity contribution >= 4 is 5.82 Å². The van der Waals surface area contributed by atoms with Gasteiger partial charge in [0.1, 0.15) is 17.4 Å². The molecular formula is C15H18N4O. The lowest BCUT2D eigenvalue weighted by atomic mass is 10.1. The van der Waals surface area contributed by atoms with E-state index in [1.807, 2.05) is 19.9 Å². The van der Waals surface area contributed by atoms with Crippen LogP contribution in [0, 0.1) is 13.8 Å². The zero-order valence-electron chi connectivity index (χ0n) is 11.7. The van der Waals surface area contributed by atoms with Gasteiger partial charge in [-0.3, -0.25) is 0 Å². The number of hydrogen-bond donors (Lipinski definition) is 2. The van der Waals surface area contributed by atoms with Gasteiger partial charge in [0.2, 0.25) is 5.88 Å². The van der Waals surface area contributed by atoms with Crippen molar-refractivity contribution in [3.63, 3.8) is 0 Å². The summed E-state index contributed by atoms with van der Waals surface area (Å²) in [5.41, 5.74) is 6.18. The highest BCUT2D eigenvalue weighted by atomic mass is 16.5. The van der Waals surface area contributed by atoms with Crippen molar-refractivity contribution in [1.29, 1.82) is 0 Å². The number of benzene rings is 1. The predicted octanol–water partition coefficient (Wildman–Crippen LogP) is 2.66. The molecule has 0 radical (unpaired) electrons. The lowest BCUT2D eigenvalue weighted by Crippen LogP contribution is -2.12. The SMILES string of the molecule is Cc1nc(NN)c(C)c(Oc2ccc3c(c2)CCC3)n1. The number of aromatic nitrogens is 2. The van der Waals surface area contributed by atoms with Gasteiger partial charge in [0.15, 0.2) is 0 Å². The number of nitrogen functional groups attached to an aromatic ring is 1. The van der Waals surface area contributed by atoms with Crippen LogP contribution >= 0.6 is 0 Å². The molecule has 0 saturated heterocycles. The molecule has 0 unspecified atom stereocenters. The summed E-state index contributed by atoms with van der Waals surface area (Å²) in [5.74, 6) is 8.04. The summed E-state index contributed by atoms with van der Waals surface area (Å²) in [6.07, 6.45) is 3.53. The van der Waals surface area contributed by atoms with Crippen LogP contribution in [0.2, 0.25) is 0 Å². The van der Waals surface area contributed by atoms with Gasteiger partial charge in [-0.1, -0.05) is 6.07 Å². The number of ether oxygens (including phenoxy) is 1. The fraction of sp³-hybridized carbons (Fsp3) is 0.333. The Hall–Kier alpha value is -2.14. The Morgan fingerprint density at radius 1 is 1.15 bits per heavy atom. The van der Waals surface area contributed by atoms with Crippen molar-refractivity contribution < 1.29 is 4.74 Å². The minimum Gasteiger partial charge on any atom is -0.439 e. The Kier molecular flexibility index (Phi) is 3.28. The molecule has 104 valence electrons. The van der Waals surface area contributed by atoms with Crippen LogP contribution in [0.4, 0.5) is 5.82 Å². The molecule has 0 aliphatic heterocycles. The van der Waals surface area contributed by atoms with Crippen LogP contribution in [0.1, 0.15) is 28.9 Å². The second kappa shape index (κ2) is 5.09. The standard InChI is InChI=1S/C15H18N4O/c1-9-14(19-16)17-10(2)18-15(9)20-13-7-6-11-4-3-5-12(11)8-13/h6-8H,3-5,16H2,1-2H3,(H,17,18,19). The third kappa shape index (κ3) is 2.32. The van der Waals surface area contributed by atoms with Crippen LogP contribution in [-0.4, -0.2) is 9.97 Å². The summed E-state index contributed by atoms with van der Waals surface area (Å²) in [6, 6.07) is 6.24. The monoisotopic (exact) mass is 270 g/mol. The summed E-state index contributed by atoms with van der Waals surface area (Å²) >= 11 is 0. The molecule has 5 heteroatoms. The second-order valence-electron chi connectivity index (χ2n) is 5.08. The summed E-state index contributed by atoms with van der Waals surface area (Å²) < 4.78 is 5.91. The third-order valence-corrected chi connectivity index (χ3v) is 3.63. The van der Waals surface area contributed by atoms with Crippen LogP contribution < -0.4 is 16.0 Å². The van der Waals surface area contributed by atoms with Gasteiger partial charge >= 0.3 is 0 Å². The predicted molar refractivity (Wildman–Crippen MR) is 77.9 cm³/mol. The second-order valence-corrected chi connectivity index (χ2v) is 5.08. The van der Waals surface area contributed by atoms with Crippen LogP contribution in [0.3, 0.4) is 0 Å². The number of nitrogens with two attached hydrogens (primary N) is 1.